The summed E-state index contributed by atoms with van der Waals surface area (Å²) in [5, 5.41) is 3.78. The highest BCUT2D eigenvalue weighted by Gasteiger charge is 2.21. The number of carbonyl (C=O) groups excluding carboxylic acids is 1. The van der Waals surface area contributed by atoms with Gasteiger partial charge < -0.3 is 24.3 Å². The van der Waals surface area contributed by atoms with Gasteiger partial charge in [0.2, 0.25) is 11.8 Å². The molecule has 34 heavy (non-hydrogen) atoms. The number of hydrogen-bond acceptors (Lipinski definition) is 7. The molecule has 2 fully saturated rings. The first kappa shape index (κ1) is 24.7. The summed E-state index contributed by atoms with van der Waals surface area (Å²) in [4.78, 5) is 32.3. The van der Waals surface area contributed by atoms with E-state index in [1.54, 1.807) is 29.1 Å². The Morgan fingerprint density at radius 2 is 2.09 bits per heavy atom. The molecule has 0 unspecified atom stereocenters. The first-order valence-electron chi connectivity index (χ1n) is 11.4. The zero-order valence-corrected chi connectivity index (χ0v) is 20.8. The molecule has 3 aromatic rings. The van der Waals surface area contributed by atoms with Gasteiger partial charge in [0.25, 0.3) is 5.56 Å². The largest absolute Gasteiger partial charge is 0.477 e. The topological polar surface area (TPSA) is 85.7 Å². The predicted molar refractivity (Wildman–Crippen MR) is 135 cm³/mol. The highest BCUT2D eigenvalue weighted by molar-refractivity contribution is 7.19. The van der Waals surface area contributed by atoms with Crippen LogP contribution in [0.5, 0.6) is 5.88 Å². The van der Waals surface area contributed by atoms with Crippen LogP contribution in [0.1, 0.15) is 17.7 Å². The van der Waals surface area contributed by atoms with Gasteiger partial charge in [-0.05, 0) is 36.5 Å². The molecule has 0 saturated carbocycles. The first-order valence-corrected chi connectivity index (χ1v) is 12.2. The number of amides is 1. The zero-order chi connectivity index (χ0) is 22.8. The number of fused-ring (bicyclic) bond motifs is 1. The Kier molecular flexibility index (Phi) is 7.88. The molecule has 5 rings (SSSR count). The van der Waals surface area contributed by atoms with E-state index in [-0.39, 0.29) is 23.9 Å². The molecule has 0 radical (unpaired) electrons. The number of aromatic nitrogens is 2. The lowest BCUT2D eigenvalue weighted by Gasteiger charge is -2.26. The van der Waals surface area contributed by atoms with Crippen molar-refractivity contribution in [3.05, 3.63) is 45.8 Å². The highest BCUT2D eigenvalue weighted by Crippen LogP contribution is 2.34. The molecule has 0 aliphatic carbocycles. The van der Waals surface area contributed by atoms with Crippen molar-refractivity contribution in [2.45, 2.75) is 19.4 Å². The number of pyridine rings is 2. The van der Waals surface area contributed by atoms with Gasteiger partial charge in [-0.3, -0.25) is 9.59 Å². The van der Waals surface area contributed by atoms with Crippen molar-refractivity contribution in [3.8, 4) is 17.0 Å². The summed E-state index contributed by atoms with van der Waals surface area (Å²) in [6.45, 7) is 4.57. The fourth-order valence-corrected chi connectivity index (χ4v) is 5.55. The van der Waals surface area contributed by atoms with Gasteiger partial charge in [0.15, 0.2) is 0 Å². The third-order valence-electron chi connectivity index (χ3n) is 6.29. The number of nitrogens with zero attached hydrogens (tertiary/aromatic N) is 3. The molecule has 5 heterocycles. The Morgan fingerprint density at radius 1 is 1.26 bits per heavy atom. The molecule has 182 valence electrons. The van der Waals surface area contributed by atoms with Crippen molar-refractivity contribution in [2.24, 2.45) is 13.0 Å². The quantitative estimate of drug-likeness (QED) is 0.555. The zero-order valence-electron chi connectivity index (χ0n) is 19.1. The number of halogens is 1. The summed E-state index contributed by atoms with van der Waals surface area (Å²) in [6.07, 6.45) is 5.64. The lowest BCUT2D eigenvalue weighted by atomic mass is 10.0. The van der Waals surface area contributed by atoms with Crippen LogP contribution >= 0.6 is 23.7 Å². The molecular weight excluding hydrogens is 476 g/mol. The Labute approximate surface area is 208 Å². The van der Waals surface area contributed by atoms with E-state index >= 15 is 0 Å². The van der Waals surface area contributed by atoms with Crippen LogP contribution in [0.2, 0.25) is 0 Å². The SMILES string of the molecule is Cl.Cn1cc(-c2ccnc(OCC3CCOCC3)c2)c2sc(CN3CCNCC3=O)cc2c1=O. The molecule has 2 aliphatic rings. The highest BCUT2D eigenvalue weighted by atomic mass is 35.5. The molecule has 0 bridgehead atoms. The second-order valence-corrected chi connectivity index (χ2v) is 9.79. The maximum absolute atomic E-state index is 12.9. The minimum atomic E-state index is -0.0343. The molecule has 10 heteroatoms. The summed E-state index contributed by atoms with van der Waals surface area (Å²) in [5.41, 5.74) is 1.89. The van der Waals surface area contributed by atoms with E-state index in [0.717, 1.165) is 53.3 Å². The van der Waals surface area contributed by atoms with Gasteiger partial charge >= 0.3 is 0 Å². The minimum Gasteiger partial charge on any atom is -0.477 e. The molecule has 0 atom stereocenters. The summed E-state index contributed by atoms with van der Waals surface area (Å²) in [7, 11) is 1.77. The molecule has 2 saturated heterocycles. The van der Waals surface area contributed by atoms with Crippen molar-refractivity contribution in [1.82, 2.24) is 19.8 Å². The fraction of sp³-hybridized carbons (Fsp3) is 0.458. The molecule has 2 aliphatic heterocycles. The number of piperazine rings is 1. The van der Waals surface area contributed by atoms with Crippen molar-refractivity contribution in [2.75, 3.05) is 39.5 Å². The Morgan fingerprint density at radius 3 is 2.88 bits per heavy atom. The van der Waals surface area contributed by atoms with Crippen LogP contribution < -0.4 is 15.6 Å². The lowest BCUT2D eigenvalue weighted by Crippen LogP contribution is -2.47. The third-order valence-corrected chi connectivity index (χ3v) is 7.44. The van der Waals surface area contributed by atoms with Gasteiger partial charge in [0, 0.05) is 67.0 Å². The van der Waals surface area contributed by atoms with E-state index in [0.29, 0.717) is 43.4 Å². The average molecular weight is 505 g/mol. The van der Waals surface area contributed by atoms with Gasteiger partial charge in [-0.1, -0.05) is 0 Å². The normalized spacial score (nSPS) is 17.1. The second kappa shape index (κ2) is 10.9. The van der Waals surface area contributed by atoms with Gasteiger partial charge in [0.1, 0.15) is 0 Å². The second-order valence-electron chi connectivity index (χ2n) is 8.66. The van der Waals surface area contributed by atoms with Crippen LogP contribution in [0.3, 0.4) is 0 Å². The van der Waals surface area contributed by atoms with Gasteiger partial charge in [-0.15, -0.1) is 23.7 Å². The molecule has 3 aromatic heterocycles. The molecular formula is C24H29ClN4O4S. The maximum atomic E-state index is 12.9. The van der Waals surface area contributed by atoms with E-state index in [4.69, 9.17) is 9.47 Å². The van der Waals surface area contributed by atoms with Gasteiger partial charge in [-0.2, -0.15) is 0 Å². The number of ether oxygens (including phenoxy) is 2. The minimum absolute atomic E-state index is 0. The Hall–Kier alpha value is -2.46. The molecule has 8 nitrogen and oxygen atoms in total. The van der Waals surface area contributed by atoms with Crippen LogP contribution in [0.25, 0.3) is 21.2 Å². The monoisotopic (exact) mass is 504 g/mol. The maximum Gasteiger partial charge on any atom is 0.259 e. The van der Waals surface area contributed by atoms with Crippen LogP contribution in [0.15, 0.2) is 35.4 Å². The summed E-state index contributed by atoms with van der Waals surface area (Å²) in [6, 6.07) is 5.82. The van der Waals surface area contributed by atoms with Crippen LogP contribution in [-0.2, 0) is 23.1 Å². The van der Waals surface area contributed by atoms with E-state index < -0.39 is 0 Å². The Balaban J connectivity index is 0.00000274. The van der Waals surface area contributed by atoms with E-state index in [1.165, 1.54) is 0 Å². The number of aryl methyl sites for hydroxylation is 1. The standard InChI is InChI=1S/C24H28N4O4S.ClH/c1-27-14-20(17-2-5-26-21(10-17)32-15-16-3-8-31-9-4-16)23-19(24(27)30)11-18(33-23)13-28-7-6-25-12-22(28)29;/h2,5,10-11,14,16,25H,3-4,6-9,12-13,15H2,1H3;1H. The van der Waals surface area contributed by atoms with Crippen molar-refractivity contribution in [3.63, 3.8) is 0 Å². The predicted octanol–water partition coefficient (Wildman–Crippen LogP) is 2.82. The van der Waals surface area contributed by atoms with Gasteiger partial charge in [0.05, 0.1) is 25.1 Å². The van der Waals surface area contributed by atoms with Crippen molar-refractivity contribution >= 4 is 39.7 Å². The summed E-state index contributed by atoms with van der Waals surface area (Å²) in [5.74, 6) is 1.16. The fourth-order valence-electron chi connectivity index (χ4n) is 4.36. The number of thiophene rings is 1. The molecule has 1 N–H and O–H groups in total. The molecule has 1 amide bonds. The molecule has 0 spiro atoms. The van der Waals surface area contributed by atoms with E-state index in [2.05, 4.69) is 10.3 Å². The van der Waals surface area contributed by atoms with Crippen LogP contribution in [0.4, 0.5) is 0 Å². The van der Waals surface area contributed by atoms with Crippen LogP contribution in [0, 0.1) is 5.92 Å². The van der Waals surface area contributed by atoms with Crippen molar-refractivity contribution in [1.29, 1.82) is 0 Å². The third kappa shape index (κ3) is 5.27. The smallest absolute Gasteiger partial charge is 0.259 e. The van der Waals surface area contributed by atoms with E-state index in [1.807, 2.05) is 29.3 Å². The lowest BCUT2D eigenvalue weighted by molar-refractivity contribution is -0.132. The number of nitrogens with one attached hydrogen (secondary N) is 1. The van der Waals surface area contributed by atoms with Crippen LogP contribution in [-0.4, -0.2) is 59.8 Å². The van der Waals surface area contributed by atoms with Crippen molar-refractivity contribution < 1.29 is 14.3 Å². The summed E-state index contributed by atoms with van der Waals surface area (Å²) >= 11 is 1.58. The van der Waals surface area contributed by atoms with Gasteiger partial charge in [-0.25, -0.2) is 4.98 Å². The summed E-state index contributed by atoms with van der Waals surface area (Å²) < 4.78 is 14.0. The van der Waals surface area contributed by atoms with E-state index in [9.17, 15) is 9.59 Å². The number of hydrogen-bond donors (Lipinski definition) is 1. The average Bonchev–Trinajstić information content (AvgIpc) is 3.26. The first-order chi connectivity index (χ1) is 16.1. The Bertz CT molecular complexity index is 1220. The number of rotatable bonds is 6. The molecule has 0 aromatic carbocycles. The number of carbonyl (C=O) groups is 1.